The Balaban J connectivity index is 0.000000561. The Morgan fingerprint density at radius 3 is 2.50 bits per heavy atom. The smallest absolute Gasteiger partial charge is 0.248 e. The van der Waals surface area contributed by atoms with Crippen molar-refractivity contribution in [2.24, 2.45) is 0 Å². The molecule has 1 unspecified atom stereocenters. The zero-order chi connectivity index (χ0) is 9.56. The maximum atomic E-state index is 10.9. The standard InChI is InChI=1S/C7H13NO2.C2H6/c1-6-3-2-4-8(6)7(10)5-9;1-2/h6,9H,2-5H2,1H3;1-2H3. The number of aliphatic hydroxyl groups is 1. The maximum Gasteiger partial charge on any atom is 0.248 e. The number of hydrogen-bond acceptors (Lipinski definition) is 2. The summed E-state index contributed by atoms with van der Waals surface area (Å²) in [5.74, 6) is -0.134. The van der Waals surface area contributed by atoms with E-state index in [4.69, 9.17) is 5.11 Å². The van der Waals surface area contributed by atoms with Crippen LogP contribution in [-0.4, -0.2) is 35.1 Å². The summed E-state index contributed by atoms with van der Waals surface area (Å²) in [7, 11) is 0. The number of hydrogen-bond donors (Lipinski definition) is 1. The minimum atomic E-state index is -0.343. The van der Waals surface area contributed by atoms with Crippen LogP contribution >= 0.6 is 0 Å². The first-order valence-corrected chi connectivity index (χ1v) is 4.66. The third kappa shape index (κ3) is 2.81. The van der Waals surface area contributed by atoms with Gasteiger partial charge < -0.3 is 10.0 Å². The predicted octanol–water partition coefficient (Wildman–Crippen LogP) is 1.02. The van der Waals surface area contributed by atoms with Crippen LogP contribution in [0.4, 0.5) is 0 Å². The predicted molar refractivity (Wildman–Crippen MR) is 48.8 cm³/mol. The van der Waals surface area contributed by atoms with Crippen molar-refractivity contribution in [1.82, 2.24) is 4.90 Å². The van der Waals surface area contributed by atoms with Crippen molar-refractivity contribution in [2.45, 2.75) is 39.7 Å². The summed E-state index contributed by atoms with van der Waals surface area (Å²) in [6.45, 7) is 6.49. The molecule has 0 bridgehead atoms. The molecular formula is C9H19NO2. The van der Waals surface area contributed by atoms with Gasteiger partial charge in [-0.3, -0.25) is 4.79 Å². The van der Waals surface area contributed by atoms with E-state index < -0.39 is 0 Å². The molecule has 12 heavy (non-hydrogen) atoms. The summed E-state index contributed by atoms with van der Waals surface area (Å²) in [5.41, 5.74) is 0. The zero-order valence-electron chi connectivity index (χ0n) is 8.21. The summed E-state index contributed by atoms with van der Waals surface area (Å²) >= 11 is 0. The number of carbonyl (C=O) groups excluding carboxylic acids is 1. The lowest BCUT2D eigenvalue weighted by Crippen LogP contribution is -2.35. The van der Waals surface area contributed by atoms with Gasteiger partial charge in [0.1, 0.15) is 6.61 Å². The van der Waals surface area contributed by atoms with Crippen LogP contribution in [0.15, 0.2) is 0 Å². The van der Waals surface area contributed by atoms with Crippen molar-refractivity contribution in [3.8, 4) is 0 Å². The summed E-state index contributed by atoms with van der Waals surface area (Å²) < 4.78 is 0. The fraction of sp³-hybridized carbons (Fsp3) is 0.889. The third-order valence-corrected chi connectivity index (χ3v) is 2.01. The molecule has 1 amide bonds. The summed E-state index contributed by atoms with van der Waals surface area (Å²) in [5, 5.41) is 8.52. The first-order chi connectivity index (χ1) is 5.75. The van der Waals surface area contributed by atoms with E-state index in [2.05, 4.69) is 0 Å². The van der Waals surface area contributed by atoms with Gasteiger partial charge in [-0.25, -0.2) is 0 Å². The topological polar surface area (TPSA) is 40.5 Å². The molecule has 3 heteroatoms. The van der Waals surface area contributed by atoms with Gasteiger partial charge in [0.2, 0.25) is 5.91 Å². The van der Waals surface area contributed by atoms with Crippen molar-refractivity contribution < 1.29 is 9.90 Å². The SMILES string of the molecule is CC.CC1CCCN1C(=O)CO. The van der Waals surface area contributed by atoms with E-state index in [9.17, 15) is 4.79 Å². The fourth-order valence-corrected chi connectivity index (χ4v) is 1.39. The molecule has 0 saturated carbocycles. The molecule has 0 spiro atoms. The highest BCUT2D eigenvalue weighted by Gasteiger charge is 2.23. The van der Waals surface area contributed by atoms with Crippen LogP contribution < -0.4 is 0 Å². The lowest BCUT2D eigenvalue weighted by Gasteiger charge is -2.19. The van der Waals surface area contributed by atoms with Gasteiger partial charge in [-0.2, -0.15) is 0 Å². The van der Waals surface area contributed by atoms with E-state index >= 15 is 0 Å². The Hall–Kier alpha value is -0.570. The molecule has 0 aromatic rings. The summed E-state index contributed by atoms with van der Waals surface area (Å²) in [4.78, 5) is 12.6. The van der Waals surface area contributed by atoms with Gasteiger partial charge in [-0.15, -0.1) is 0 Å². The largest absolute Gasteiger partial charge is 0.387 e. The monoisotopic (exact) mass is 173 g/mol. The quantitative estimate of drug-likeness (QED) is 0.643. The van der Waals surface area contributed by atoms with E-state index in [0.29, 0.717) is 6.04 Å². The third-order valence-electron chi connectivity index (χ3n) is 2.01. The first-order valence-electron chi connectivity index (χ1n) is 4.66. The van der Waals surface area contributed by atoms with Gasteiger partial charge in [0, 0.05) is 12.6 Å². The van der Waals surface area contributed by atoms with Crippen molar-refractivity contribution in [1.29, 1.82) is 0 Å². The molecular weight excluding hydrogens is 154 g/mol. The molecule has 1 aliphatic heterocycles. The molecule has 1 aliphatic rings. The number of carbonyl (C=O) groups is 1. The minimum absolute atomic E-state index is 0.134. The van der Waals surface area contributed by atoms with E-state index in [1.807, 2.05) is 20.8 Å². The molecule has 0 aromatic carbocycles. The van der Waals surface area contributed by atoms with Gasteiger partial charge in [0.05, 0.1) is 0 Å². The normalized spacial score (nSPS) is 21.7. The average Bonchev–Trinajstić information content (AvgIpc) is 2.54. The molecule has 1 saturated heterocycles. The molecule has 1 rings (SSSR count). The number of rotatable bonds is 1. The Morgan fingerprint density at radius 2 is 2.17 bits per heavy atom. The minimum Gasteiger partial charge on any atom is -0.387 e. The highest BCUT2D eigenvalue weighted by molar-refractivity contribution is 5.77. The van der Waals surface area contributed by atoms with Crippen LogP contribution in [0.5, 0.6) is 0 Å². The summed E-state index contributed by atoms with van der Waals surface area (Å²) in [6, 6.07) is 0.333. The van der Waals surface area contributed by atoms with E-state index in [1.165, 1.54) is 0 Å². The van der Waals surface area contributed by atoms with E-state index in [1.54, 1.807) is 4.90 Å². The van der Waals surface area contributed by atoms with Gasteiger partial charge in [0.15, 0.2) is 0 Å². The van der Waals surface area contributed by atoms with Crippen LogP contribution in [0.1, 0.15) is 33.6 Å². The second-order valence-electron chi connectivity index (χ2n) is 2.74. The van der Waals surface area contributed by atoms with Crippen LogP contribution in [0, 0.1) is 0 Å². The number of amides is 1. The van der Waals surface area contributed by atoms with Crippen LogP contribution in [0.25, 0.3) is 0 Å². The average molecular weight is 173 g/mol. The van der Waals surface area contributed by atoms with Gasteiger partial charge >= 0.3 is 0 Å². The van der Waals surface area contributed by atoms with Crippen molar-refractivity contribution >= 4 is 5.91 Å². The van der Waals surface area contributed by atoms with E-state index in [-0.39, 0.29) is 12.5 Å². The highest BCUT2D eigenvalue weighted by Crippen LogP contribution is 2.15. The number of likely N-dealkylation sites (tertiary alicyclic amines) is 1. The van der Waals surface area contributed by atoms with Crippen molar-refractivity contribution in [2.75, 3.05) is 13.2 Å². The van der Waals surface area contributed by atoms with E-state index in [0.717, 1.165) is 19.4 Å². The Morgan fingerprint density at radius 1 is 1.58 bits per heavy atom. The molecule has 3 nitrogen and oxygen atoms in total. The number of nitrogens with zero attached hydrogens (tertiary/aromatic N) is 1. The van der Waals surface area contributed by atoms with Gasteiger partial charge in [0.25, 0.3) is 0 Å². The maximum absolute atomic E-state index is 10.9. The Bertz CT molecular complexity index is 136. The second kappa shape index (κ2) is 6.00. The lowest BCUT2D eigenvalue weighted by atomic mass is 10.2. The molecule has 1 heterocycles. The van der Waals surface area contributed by atoms with Gasteiger partial charge in [-0.1, -0.05) is 13.8 Å². The number of aliphatic hydroxyl groups excluding tert-OH is 1. The molecule has 72 valence electrons. The Kier molecular flexibility index (Phi) is 5.72. The van der Waals surface area contributed by atoms with Crippen LogP contribution in [0.3, 0.4) is 0 Å². The molecule has 1 fully saturated rings. The van der Waals surface area contributed by atoms with Crippen molar-refractivity contribution in [3.63, 3.8) is 0 Å². The Labute approximate surface area is 74.4 Å². The molecule has 0 aromatic heterocycles. The first kappa shape index (κ1) is 11.4. The van der Waals surface area contributed by atoms with Gasteiger partial charge in [-0.05, 0) is 19.8 Å². The molecule has 1 atom stereocenters. The highest BCUT2D eigenvalue weighted by atomic mass is 16.3. The fourth-order valence-electron chi connectivity index (χ4n) is 1.39. The molecule has 0 aliphatic carbocycles. The van der Waals surface area contributed by atoms with Crippen LogP contribution in [-0.2, 0) is 4.79 Å². The van der Waals surface area contributed by atoms with Crippen LogP contribution in [0.2, 0.25) is 0 Å². The molecule has 0 radical (unpaired) electrons. The van der Waals surface area contributed by atoms with Crippen molar-refractivity contribution in [3.05, 3.63) is 0 Å². The summed E-state index contributed by atoms with van der Waals surface area (Å²) in [6.07, 6.45) is 2.15. The molecule has 1 N–H and O–H groups in total. The second-order valence-corrected chi connectivity index (χ2v) is 2.74. The lowest BCUT2D eigenvalue weighted by molar-refractivity contribution is -0.134. The zero-order valence-corrected chi connectivity index (χ0v) is 8.21.